The number of rotatable bonds is 5. The Bertz CT molecular complexity index is 1400. The molecule has 1 aliphatic heterocycles. The van der Waals surface area contributed by atoms with Crippen molar-refractivity contribution in [3.8, 4) is 0 Å². The highest BCUT2D eigenvalue weighted by atomic mass is 16.6. The lowest BCUT2D eigenvalue weighted by Crippen LogP contribution is -2.80. The molecule has 0 amide bonds. The Balaban J connectivity index is 1.88. The molecule has 232 valence electrons. The maximum atomic E-state index is 14.9. The molecule has 1 aromatic carbocycles. The number of aliphatic hydroxyl groups excluding tert-OH is 2. The minimum absolute atomic E-state index is 0.115. The predicted octanol–water partition coefficient (Wildman–Crippen LogP) is 2.11. The number of carbonyl (C=O) groups is 5. The molecule has 9 atom stereocenters. The lowest BCUT2D eigenvalue weighted by atomic mass is 9.42. The van der Waals surface area contributed by atoms with E-state index in [2.05, 4.69) is 0 Å². The highest BCUT2D eigenvalue weighted by molar-refractivity contribution is 5.96. The summed E-state index contributed by atoms with van der Waals surface area (Å²) in [5.41, 5.74) is -5.88. The van der Waals surface area contributed by atoms with E-state index in [9.17, 15) is 34.2 Å². The van der Waals surface area contributed by atoms with Gasteiger partial charge in [-0.2, -0.15) is 0 Å². The summed E-state index contributed by atoms with van der Waals surface area (Å²) >= 11 is 0. The second kappa shape index (κ2) is 10.3. The number of Topliss-reactive ketones (excluding diaryl/α,β-unsaturated/α-hetero) is 1. The molecular weight excluding hydrogens is 560 g/mol. The first-order valence-corrected chi connectivity index (χ1v) is 14.4. The van der Waals surface area contributed by atoms with Gasteiger partial charge in [0.25, 0.3) is 0 Å². The van der Waals surface area contributed by atoms with Crippen LogP contribution < -0.4 is 0 Å². The van der Waals surface area contributed by atoms with Crippen molar-refractivity contribution in [2.45, 2.75) is 90.5 Å². The van der Waals surface area contributed by atoms with Crippen LogP contribution >= 0.6 is 0 Å². The van der Waals surface area contributed by atoms with Crippen molar-refractivity contribution in [3.05, 3.63) is 47.0 Å². The van der Waals surface area contributed by atoms with Crippen LogP contribution in [0, 0.1) is 22.2 Å². The summed E-state index contributed by atoms with van der Waals surface area (Å²) in [5.74, 6) is -4.38. The summed E-state index contributed by atoms with van der Waals surface area (Å²) in [7, 11) is 0. The Labute approximate surface area is 249 Å². The summed E-state index contributed by atoms with van der Waals surface area (Å²) in [5, 5.41) is 23.2. The van der Waals surface area contributed by atoms with Gasteiger partial charge in [-0.25, -0.2) is 4.79 Å². The minimum atomic E-state index is -1.88. The number of carbonyl (C=O) groups excluding carboxylic acids is 5. The van der Waals surface area contributed by atoms with E-state index < -0.39 is 82.0 Å². The zero-order valence-corrected chi connectivity index (χ0v) is 25.1. The lowest BCUT2D eigenvalue weighted by molar-refractivity contribution is -0.339. The van der Waals surface area contributed by atoms with Gasteiger partial charge < -0.3 is 34.0 Å². The summed E-state index contributed by atoms with van der Waals surface area (Å²) in [6, 6.07) is 8.06. The zero-order valence-electron chi connectivity index (χ0n) is 25.1. The Morgan fingerprint density at radius 3 is 2.21 bits per heavy atom. The number of hydrogen-bond donors (Lipinski definition) is 2. The molecule has 1 aromatic rings. The van der Waals surface area contributed by atoms with Crippen LogP contribution in [0.4, 0.5) is 0 Å². The van der Waals surface area contributed by atoms with Crippen molar-refractivity contribution in [2.75, 3.05) is 6.61 Å². The van der Waals surface area contributed by atoms with Crippen LogP contribution in [-0.2, 0) is 38.1 Å². The van der Waals surface area contributed by atoms with Crippen LogP contribution in [-0.4, -0.2) is 82.9 Å². The normalized spacial score (nSPS) is 39.6. The molecular formula is C32H38O11. The van der Waals surface area contributed by atoms with E-state index in [0.717, 1.165) is 6.92 Å². The van der Waals surface area contributed by atoms with E-state index in [1.807, 2.05) is 0 Å². The smallest absolute Gasteiger partial charge is 0.338 e. The number of ether oxygens (including phenoxy) is 4. The molecule has 11 heteroatoms. The van der Waals surface area contributed by atoms with Gasteiger partial charge in [0.2, 0.25) is 0 Å². The molecule has 3 fully saturated rings. The molecule has 0 spiro atoms. The van der Waals surface area contributed by atoms with Crippen LogP contribution in [0.2, 0.25) is 0 Å². The van der Waals surface area contributed by atoms with Gasteiger partial charge in [0.05, 0.1) is 41.1 Å². The number of ketones is 1. The highest BCUT2D eigenvalue weighted by Crippen LogP contribution is 2.66. The first-order chi connectivity index (χ1) is 20.1. The van der Waals surface area contributed by atoms with E-state index in [-0.39, 0.29) is 30.6 Å². The van der Waals surface area contributed by atoms with Gasteiger partial charge in [-0.3, -0.25) is 14.4 Å². The Morgan fingerprint density at radius 1 is 1.02 bits per heavy atom. The van der Waals surface area contributed by atoms with E-state index in [1.165, 1.54) is 26.0 Å². The zero-order chi connectivity index (χ0) is 31.7. The predicted molar refractivity (Wildman–Crippen MR) is 148 cm³/mol. The van der Waals surface area contributed by atoms with E-state index in [4.69, 9.17) is 18.9 Å². The SMILES string of the molecule is CC(=O)O[C@H]1C(=O)[C@@]2(C)C([C@H](OC(=O)c3ccccc3)C3(C=O)C[C@H](O)C(C)=C1C3(C)C)[C@]1(OC(C)=O)CO[C@@H]1C[C@@H]2O. The van der Waals surface area contributed by atoms with Gasteiger partial charge >= 0.3 is 17.9 Å². The summed E-state index contributed by atoms with van der Waals surface area (Å²) in [6.07, 6.45) is -6.45. The maximum absolute atomic E-state index is 14.9. The van der Waals surface area contributed by atoms with E-state index >= 15 is 0 Å². The third kappa shape index (κ3) is 4.22. The molecule has 2 saturated carbocycles. The fourth-order valence-corrected chi connectivity index (χ4v) is 8.24. The standard InChI is InChI=1S/C32H38O11/c1-16-20(36)13-31(14-33)27(42-28(39)19-10-8-7-9-11-19)25-30(6,21(37)12-22-32(25,15-40-22)43-18(3)35)26(38)24(41-17(2)34)23(16)29(31,4)5/h7-11,14,20-22,24-25,27,36-37H,12-13,15H2,1-6H3/t20-,21-,22+,24+,25?,27-,30+,31?,32-/m0/s1. The third-order valence-electron chi connectivity index (χ3n) is 10.6. The lowest BCUT2D eigenvalue weighted by Gasteiger charge is -2.67. The Hall–Kier alpha value is -3.41. The van der Waals surface area contributed by atoms with Gasteiger partial charge in [-0.05, 0) is 43.5 Å². The fraction of sp³-hybridized carbons (Fsp3) is 0.594. The Kier molecular flexibility index (Phi) is 7.47. The minimum Gasteiger partial charge on any atom is -0.457 e. The van der Waals surface area contributed by atoms with Crippen LogP contribution in [0.15, 0.2) is 41.5 Å². The van der Waals surface area contributed by atoms with Crippen LogP contribution in [0.1, 0.15) is 64.7 Å². The monoisotopic (exact) mass is 598 g/mol. The van der Waals surface area contributed by atoms with E-state index in [1.54, 1.807) is 39.0 Å². The number of esters is 3. The van der Waals surface area contributed by atoms with Gasteiger partial charge in [-0.1, -0.05) is 32.0 Å². The van der Waals surface area contributed by atoms with Gasteiger partial charge in [0.15, 0.2) is 17.5 Å². The number of benzene rings is 1. The second-order valence-electron chi connectivity index (χ2n) is 13.0. The first kappa shape index (κ1) is 31.0. The fourth-order valence-electron chi connectivity index (χ4n) is 8.24. The Morgan fingerprint density at radius 2 is 1.67 bits per heavy atom. The van der Waals surface area contributed by atoms with E-state index in [0.29, 0.717) is 11.9 Å². The highest BCUT2D eigenvalue weighted by Gasteiger charge is 2.78. The number of fused-ring (bicyclic) bond motifs is 5. The molecule has 2 unspecified atom stereocenters. The molecule has 2 N–H and O–H groups in total. The van der Waals surface area contributed by atoms with Crippen molar-refractivity contribution in [3.63, 3.8) is 0 Å². The molecule has 1 heterocycles. The molecule has 4 aliphatic rings. The van der Waals surface area contributed by atoms with Gasteiger partial charge in [0, 0.05) is 25.7 Å². The molecule has 5 rings (SSSR count). The van der Waals surface area contributed by atoms with Crippen LogP contribution in [0.5, 0.6) is 0 Å². The summed E-state index contributed by atoms with van der Waals surface area (Å²) < 4.78 is 23.7. The molecule has 2 bridgehead atoms. The van der Waals surface area contributed by atoms with Gasteiger partial charge in [-0.15, -0.1) is 0 Å². The quantitative estimate of drug-likeness (QED) is 0.221. The van der Waals surface area contributed by atoms with Crippen molar-refractivity contribution in [1.29, 1.82) is 0 Å². The van der Waals surface area contributed by atoms with Gasteiger partial charge in [0.1, 0.15) is 18.5 Å². The van der Waals surface area contributed by atoms with Crippen molar-refractivity contribution in [2.24, 2.45) is 22.2 Å². The molecule has 0 radical (unpaired) electrons. The molecule has 3 aliphatic carbocycles. The van der Waals surface area contributed by atoms with Crippen molar-refractivity contribution in [1.82, 2.24) is 0 Å². The first-order valence-electron chi connectivity index (χ1n) is 14.4. The van der Waals surface area contributed by atoms with Crippen LogP contribution in [0.25, 0.3) is 0 Å². The maximum Gasteiger partial charge on any atom is 0.338 e. The second-order valence-corrected chi connectivity index (χ2v) is 13.0. The summed E-state index contributed by atoms with van der Waals surface area (Å²) in [4.78, 5) is 67.4. The van der Waals surface area contributed by atoms with Crippen LogP contribution in [0.3, 0.4) is 0 Å². The number of aldehydes is 1. The topological polar surface area (TPSA) is 163 Å². The number of hydrogen-bond acceptors (Lipinski definition) is 11. The van der Waals surface area contributed by atoms with Crippen molar-refractivity contribution >= 4 is 30.0 Å². The largest absolute Gasteiger partial charge is 0.457 e. The average Bonchev–Trinajstić information content (AvgIpc) is 2.93. The molecule has 11 nitrogen and oxygen atoms in total. The van der Waals surface area contributed by atoms with Crippen molar-refractivity contribution < 1.29 is 53.1 Å². The molecule has 1 saturated heterocycles. The third-order valence-corrected chi connectivity index (χ3v) is 10.6. The molecule has 43 heavy (non-hydrogen) atoms. The average molecular weight is 599 g/mol. The molecule has 0 aromatic heterocycles. The number of aliphatic hydroxyl groups is 2. The summed E-state index contributed by atoms with van der Waals surface area (Å²) in [6.45, 7) is 8.54.